The lowest BCUT2D eigenvalue weighted by molar-refractivity contribution is -0.127. The second-order valence-corrected chi connectivity index (χ2v) is 5.67. The van der Waals surface area contributed by atoms with Gasteiger partial charge in [0.2, 0.25) is 5.91 Å². The molecule has 0 saturated heterocycles. The minimum atomic E-state index is 0.205. The van der Waals surface area contributed by atoms with Crippen molar-refractivity contribution >= 4 is 17.2 Å². The van der Waals surface area contributed by atoms with Crippen LogP contribution in [0.25, 0.3) is 11.3 Å². The average molecular weight is 275 g/mol. The molecule has 2 heterocycles. The molecule has 1 amide bonds. The number of hydrogen-bond donors (Lipinski definition) is 1. The molecule has 0 aliphatic heterocycles. The molecule has 1 aliphatic rings. The highest BCUT2D eigenvalue weighted by atomic mass is 32.1. The SMILES string of the molecule is O=C(NCCn1ccc(-c2ccsc2)n1)C1CCC1. The zero-order chi connectivity index (χ0) is 13.1. The summed E-state index contributed by atoms with van der Waals surface area (Å²) in [4.78, 5) is 11.7. The minimum Gasteiger partial charge on any atom is -0.354 e. The lowest BCUT2D eigenvalue weighted by Gasteiger charge is -2.23. The van der Waals surface area contributed by atoms with Crippen LogP contribution in [-0.4, -0.2) is 22.2 Å². The van der Waals surface area contributed by atoms with Crippen LogP contribution in [0.2, 0.25) is 0 Å². The molecule has 0 unspecified atom stereocenters. The standard InChI is InChI=1S/C14H17N3OS/c18-14(11-2-1-3-11)15-6-8-17-7-4-13(16-17)12-5-9-19-10-12/h4-5,7,9-11H,1-3,6,8H2,(H,15,18). The number of nitrogens with one attached hydrogen (secondary N) is 1. The van der Waals surface area contributed by atoms with Gasteiger partial charge in [0.25, 0.3) is 0 Å². The van der Waals surface area contributed by atoms with E-state index in [1.165, 1.54) is 6.42 Å². The Hall–Kier alpha value is -1.62. The monoisotopic (exact) mass is 275 g/mol. The number of rotatable bonds is 5. The van der Waals surface area contributed by atoms with E-state index in [1.54, 1.807) is 11.3 Å². The molecule has 0 radical (unpaired) electrons. The molecule has 0 aromatic carbocycles. The van der Waals surface area contributed by atoms with Gasteiger partial charge in [0.05, 0.1) is 12.2 Å². The maximum absolute atomic E-state index is 11.7. The van der Waals surface area contributed by atoms with Gasteiger partial charge in [0, 0.05) is 29.6 Å². The highest BCUT2D eigenvalue weighted by Gasteiger charge is 2.24. The fourth-order valence-corrected chi connectivity index (χ4v) is 2.81. The van der Waals surface area contributed by atoms with Crippen molar-refractivity contribution in [2.75, 3.05) is 6.54 Å². The van der Waals surface area contributed by atoms with Gasteiger partial charge in [0.1, 0.15) is 0 Å². The summed E-state index contributed by atoms with van der Waals surface area (Å²) in [5.41, 5.74) is 2.15. The predicted octanol–water partition coefficient (Wildman–Crippen LogP) is 2.53. The summed E-state index contributed by atoms with van der Waals surface area (Å²) < 4.78 is 1.88. The highest BCUT2D eigenvalue weighted by Crippen LogP contribution is 2.26. The van der Waals surface area contributed by atoms with E-state index in [0.29, 0.717) is 6.54 Å². The van der Waals surface area contributed by atoms with E-state index in [4.69, 9.17) is 0 Å². The van der Waals surface area contributed by atoms with Crippen LogP contribution in [0.4, 0.5) is 0 Å². The lowest BCUT2D eigenvalue weighted by Crippen LogP contribution is -2.36. The second-order valence-electron chi connectivity index (χ2n) is 4.89. The van der Waals surface area contributed by atoms with Gasteiger partial charge in [-0.15, -0.1) is 0 Å². The number of carbonyl (C=O) groups is 1. The molecule has 100 valence electrons. The Balaban J connectivity index is 1.49. The summed E-state index contributed by atoms with van der Waals surface area (Å²) in [6.07, 6.45) is 5.26. The van der Waals surface area contributed by atoms with E-state index >= 15 is 0 Å². The fourth-order valence-electron chi connectivity index (χ4n) is 2.16. The van der Waals surface area contributed by atoms with Crippen molar-refractivity contribution in [3.8, 4) is 11.3 Å². The normalized spacial score (nSPS) is 15.2. The Kier molecular flexibility index (Phi) is 3.64. The van der Waals surface area contributed by atoms with Gasteiger partial charge in [-0.1, -0.05) is 6.42 Å². The van der Waals surface area contributed by atoms with Crippen molar-refractivity contribution in [1.29, 1.82) is 0 Å². The van der Waals surface area contributed by atoms with E-state index in [1.807, 2.05) is 22.3 Å². The summed E-state index contributed by atoms with van der Waals surface area (Å²) >= 11 is 1.67. The van der Waals surface area contributed by atoms with Gasteiger partial charge < -0.3 is 5.32 Å². The molecule has 3 rings (SSSR count). The Morgan fingerprint density at radius 1 is 1.47 bits per heavy atom. The number of carbonyl (C=O) groups excluding carboxylic acids is 1. The Morgan fingerprint density at radius 2 is 2.37 bits per heavy atom. The first-order valence-electron chi connectivity index (χ1n) is 6.66. The van der Waals surface area contributed by atoms with Gasteiger partial charge in [-0.2, -0.15) is 16.4 Å². The lowest BCUT2D eigenvalue weighted by atomic mass is 9.85. The zero-order valence-corrected chi connectivity index (χ0v) is 11.5. The third-order valence-electron chi connectivity index (χ3n) is 3.57. The first kappa shape index (κ1) is 12.4. The molecule has 1 fully saturated rings. The van der Waals surface area contributed by atoms with E-state index in [0.717, 1.165) is 30.6 Å². The third-order valence-corrected chi connectivity index (χ3v) is 4.26. The topological polar surface area (TPSA) is 46.9 Å². The maximum Gasteiger partial charge on any atom is 0.223 e. The van der Waals surface area contributed by atoms with Crippen molar-refractivity contribution < 1.29 is 4.79 Å². The Morgan fingerprint density at radius 3 is 3.05 bits per heavy atom. The van der Waals surface area contributed by atoms with Crippen LogP contribution >= 0.6 is 11.3 Å². The summed E-state index contributed by atoms with van der Waals surface area (Å²) in [6, 6.07) is 4.07. The maximum atomic E-state index is 11.7. The number of amides is 1. The molecule has 1 saturated carbocycles. The van der Waals surface area contributed by atoms with Gasteiger partial charge in [-0.05, 0) is 30.4 Å². The molecule has 2 aromatic heterocycles. The smallest absolute Gasteiger partial charge is 0.223 e. The van der Waals surface area contributed by atoms with Crippen LogP contribution in [0.5, 0.6) is 0 Å². The molecule has 1 aliphatic carbocycles. The zero-order valence-electron chi connectivity index (χ0n) is 10.7. The molecule has 4 nitrogen and oxygen atoms in total. The van der Waals surface area contributed by atoms with E-state index in [2.05, 4.69) is 21.9 Å². The fraction of sp³-hybridized carbons (Fsp3) is 0.429. The van der Waals surface area contributed by atoms with Crippen molar-refractivity contribution in [1.82, 2.24) is 15.1 Å². The molecule has 1 N–H and O–H groups in total. The summed E-state index contributed by atoms with van der Waals surface area (Å²) in [7, 11) is 0. The first-order valence-corrected chi connectivity index (χ1v) is 7.61. The van der Waals surface area contributed by atoms with E-state index in [-0.39, 0.29) is 11.8 Å². The van der Waals surface area contributed by atoms with Crippen LogP contribution in [0.15, 0.2) is 29.1 Å². The highest BCUT2D eigenvalue weighted by molar-refractivity contribution is 7.08. The van der Waals surface area contributed by atoms with Crippen molar-refractivity contribution in [2.45, 2.75) is 25.8 Å². The number of thiophene rings is 1. The van der Waals surface area contributed by atoms with Crippen molar-refractivity contribution in [2.24, 2.45) is 5.92 Å². The van der Waals surface area contributed by atoms with E-state index < -0.39 is 0 Å². The van der Waals surface area contributed by atoms with E-state index in [9.17, 15) is 4.79 Å². The number of hydrogen-bond acceptors (Lipinski definition) is 3. The molecule has 5 heteroatoms. The van der Waals surface area contributed by atoms with Gasteiger partial charge in [-0.25, -0.2) is 0 Å². The van der Waals surface area contributed by atoms with Crippen molar-refractivity contribution in [3.05, 3.63) is 29.1 Å². The van der Waals surface area contributed by atoms with Gasteiger partial charge in [0.15, 0.2) is 0 Å². The van der Waals surface area contributed by atoms with Gasteiger partial charge >= 0.3 is 0 Å². The van der Waals surface area contributed by atoms with Crippen molar-refractivity contribution in [3.63, 3.8) is 0 Å². The molecular weight excluding hydrogens is 258 g/mol. The predicted molar refractivity (Wildman–Crippen MR) is 75.9 cm³/mol. The molecule has 0 atom stereocenters. The van der Waals surface area contributed by atoms with Crippen LogP contribution < -0.4 is 5.32 Å². The van der Waals surface area contributed by atoms with Crippen LogP contribution in [0.3, 0.4) is 0 Å². The van der Waals surface area contributed by atoms with Crippen LogP contribution in [0.1, 0.15) is 19.3 Å². The van der Waals surface area contributed by atoms with Crippen LogP contribution in [-0.2, 0) is 11.3 Å². The quantitative estimate of drug-likeness (QED) is 0.911. The molecule has 19 heavy (non-hydrogen) atoms. The summed E-state index contributed by atoms with van der Waals surface area (Å²) in [5, 5.41) is 11.6. The van der Waals surface area contributed by atoms with Gasteiger partial charge in [-0.3, -0.25) is 9.48 Å². The summed E-state index contributed by atoms with van der Waals surface area (Å²) in [5.74, 6) is 0.468. The molecule has 0 spiro atoms. The second kappa shape index (κ2) is 5.57. The average Bonchev–Trinajstić information content (AvgIpc) is 2.96. The molecular formula is C14H17N3OS. The Bertz CT molecular complexity index is 543. The minimum absolute atomic E-state index is 0.205. The molecule has 2 aromatic rings. The largest absolute Gasteiger partial charge is 0.354 e. The Labute approximate surface area is 116 Å². The number of aromatic nitrogens is 2. The van der Waals surface area contributed by atoms with Crippen LogP contribution in [0, 0.1) is 5.92 Å². The third kappa shape index (κ3) is 2.87. The molecule has 0 bridgehead atoms. The number of nitrogens with zero attached hydrogens (tertiary/aromatic N) is 2. The summed E-state index contributed by atoms with van der Waals surface area (Å²) in [6.45, 7) is 1.38. The first-order chi connectivity index (χ1) is 9.33.